The van der Waals surface area contributed by atoms with Gasteiger partial charge in [-0.1, -0.05) is 26.0 Å². The quantitative estimate of drug-likeness (QED) is 0.180. The zero-order chi connectivity index (χ0) is 30.0. The first kappa shape index (κ1) is 33.6. The van der Waals surface area contributed by atoms with E-state index in [9.17, 15) is 13.7 Å². The summed E-state index contributed by atoms with van der Waals surface area (Å²) in [5, 5.41) is 10.5. The normalized spacial score (nSPS) is 14.6. The molecule has 40 heavy (non-hydrogen) atoms. The minimum atomic E-state index is -3.13. The van der Waals surface area contributed by atoms with Crippen LogP contribution in [0.25, 0.3) is 0 Å². The Morgan fingerprint density at radius 2 is 1.48 bits per heavy atom. The molecular weight excluding hydrogens is 548 g/mol. The lowest BCUT2D eigenvalue weighted by atomic mass is 9.69. The van der Waals surface area contributed by atoms with E-state index in [1.807, 2.05) is 36.4 Å². The number of nitriles is 1. The van der Waals surface area contributed by atoms with Crippen LogP contribution in [0.3, 0.4) is 0 Å². The molecule has 0 radical (unpaired) electrons. The first-order valence-corrected chi connectivity index (χ1v) is 16.8. The summed E-state index contributed by atoms with van der Waals surface area (Å²) in [7, 11) is 6.47. The summed E-state index contributed by atoms with van der Waals surface area (Å²) in [6.45, 7) is 6.47. The van der Waals surface area contributed by atoms with Crippen molar-refractivity contribution in [2.45, 2.75) is 38.5 Å². The highest BCUT2D eigenvalue weighted by molar-refractivity contribution is 8.71. The zero-order valence-corrected chi connectivity index (χ0v) is 26.8. The van der Waals surface area contributed by atoms with Crippen LogP contribution in [0.2, 0.25) is 0 Å². The monoisotopic (exact) mass is 593 g/mol. The molecule has 0 N–H and O–H groups in total. The first-order chi connectivity index (χ1) is 18.9. The summed E-state index contributed by atoms with van der Waals surface area (Å²) in [6.07, 6.45) is 3.51. The van der Waals surface area contributed by atoms with Crippen LogP contribution < -0.4 is 18.9 Å². The van der Waals surface area contributed by atoms with E-state index in [0.29, 0.717) is 46.2 Å². The van der Waals surface area contributed by atoms with Crippen LogP contribution >= 0.6 is 10.8 Å². The smallest absolute Gasteiger partial charge is 0.198 e. The second-order valence-electron chi connectivity index (χ2n) is 10.7. The Balaban J connectivity index is 2.27. The number of quaternary nitrogens is 1. The number of benzene rings is 2. The van der Waals surface area contributed by atoms with Crippen molar-refractivity contribution >= 4 is 19.7 Å². The largest absolute Gasteiger partial charge is 0.493 e. The number of nitrogens with zero attached hydrogens (tertiary/aromatic N) is 2. The lowest BCUT2D eigenvalue weighted by molar-refractivity contribution is -0.907. The van der Waals surface area contributed by atoms with Gasteiger partial charge in [-0.2, -0.15) is 5.26 Å². The van der Waals surface area contributed by atoms with Gasteiger partial charge in [-0.3, -0.25) is 0 Å². The van der Waals surface area contributed by atoms with Gasteiger partial charge in [-0.15, -0.1) is 0 Å². The van der Waals surface area contributed by atoms with Gasteiger partial charge in [0.15, 0.2) is 31.9 Å². The number of hydrogen-bond acceptors (Lipinski definition) is 8. The summed E-state index contributed by atoms with van der Waals surface area (Å²) < 4.78 is 46.1. The highest BCUT2D eigenvalue weighted by Gasteiger charge is 2.37. The predicted octanol–water partition coefficient (Wildman–Crippen LogP) is 5.30. The first-order valence-electron chi connectivity index (χ1n) is 13.4. The third-order valence-electron chi connectivity index (χ3n) is 7.67. The Bertz CT molecular complexity index is 1260. The number of methoxy groups -OCH3 is 4. The molecule has 222 valence electrons. The van der Waals surface area contributed by atoms with Crippen molar-refractivity contribution in [3.05, 3.63) is 47.5 Å². The second-order valence-corrected chi connectivity index (χ2v) is 15.2. The number of ether oxygens (including phenoxy) is 4. The maximum absolute atomic E-state index is 11.8. The van der Waals surface area contributed by atoms with Gasteiger partial charge < -0.3 is 23.4 Å². The number of likely N-dealkylation sites (N-methyl/N-ethyl adjacent to an activating group) is 1. The average Bonchev–Trinajstić information content (AvgIpc) is 2.93. The molecule has 0 fully saturated rings. The van der Waals surface area contributed by atoms with Crippen LogP contribution in [0.4, 0.5) is 0 Å². The predicted molar refractivity (Wildman–Crippen MR) is 162 cm³/mol. The van der Waals surface area contributed by atoms with Crippen molar-refractivity contribution in [2.24, 2.45) is 5.92 Å². The van der Waals surface area contributed by atoms with E-state index < -0.39 is 14.3 Å². The Morgan fingerprint density at radius 3 is 2.00 bits per heavy atom. The van der Waals surface area contributed by atoms with Crippen molar-refractivity contribution in [3.63, 3.8) is 0 Å². The van der Waals surface area contributed by atoms with Crippen molar-refractivity contribution in [3.8, 4) is 29.1 Å². The highest BCUT2D eigenvalue weighted by atomic mass is 33.1. The van der Waals surface area contributed by atoms with Crippen LogP contribution in [0.5, 0.6) is 23.0 Å². The third kappa shape index (κ3) is 8.95. The second kappa shape index (κ2) is 14.9. The number of rotatable bonds is 17. The van der Waals surface area contributed by atoms with Gasteiger partial charge in [0.25, 0.3) is 0 Å². The average molecular weight is 594 g/mol. The van der Waals surface area contributed by atoms with Gasteiger partial charge in [0.2, 0.25) is 0 Å². The fraction of sp³-hybridized carbons (Fsp3) is 0.567. The van der Waals surface area contributed by atoms with Crippen LogP contribution in [-0.2, 0) is 20.7 Å². The van der Waals surface area contributed by atoms with Gasteiger partial charge in [0.05, 0.1) is 72.4 Å². The Labute approximate surface area is 244 Å². The van der Waals surface area contributed by atoms with E-state index in [1.165, 1.54) is 6.26 Å². The summed E-state index contributed by atoms with van der Waals surface area (Å²) in [5.74, 6) is 3.18. The van der Waals surface area contributed by atoms with Gasteiger partial charge in [-0.05, 0) is 64.9 Å². The summed E-state index contributed by atoms with van der Waals surface area (Å²) in [5.41, 5.74) is 1.33. The fourth-order valence-electron chi connectivity index (χ4n) is 5.05. The Kier molecular flexibility index (Phi) is 12.5. The van der Waals surface area contributed by atoms with Crippen molar-refractivity contribution < 1.29 is 31.8 Å². The van der Waals surface area contributed by atoms with E-state index in [1.54, 1.807) is 28.4 Å². The molecule has 0 saturated heterocycles. The molecule has 1 unspecified atom stereocenters. The molecule has 2 rings (SSSR count). The van der Waals surface area contributed by atoms with E-state index in [-0.39, 0.29) is 5.92 Å². The lowest BCUT2D eigenvalue weighted by Gasteiger charge is -2.37. The molecule has 0 saturated carbocycles. The molecule has 0 amide bonds. The number of hydrogen-bond donors (Lipinski definition) is 0. The Morgan fingerprint density at radius 1 is 0.900 bits per heavy atom. The maximum atomic E-state index is 11.8. The van der Waals surface area contributed by atoms with Crippen LogP contribution in [0.1, 0.15) is 37.8 Å². The lowest BCUT2D eigenvalue weighted by Crippen LogP contribution is -2.48. The molecule has 0 heterocycles. The summed E-state index contributed by atoms with van der Waals surface area (Å²) in [4.78, 5) is 0. The molecule has 0 aromatic heterocycles. The molecule has 2 aromatic carbocycles. The van der Waals surface area contributed by atoms with Crippen molar-refractivity contribution in [1.29, 1.82) is 5.26 Å². The Hall–Kier alpha value is -2.61. The van der Waals surface area contributed by atoms with Gasteiger partial charge >= 0.3 is 0 Å². The zero-order valence-electron chi connectivity index (χ0n) is 25.2. The van der Waals surface area contributed by atoms with Crippen molar-refractivity contribution in [2.75, 3.05) is 67.1 Å². The van der Waals surface area contributed by atoms with Crippen molar-refractivity contribution in [1.82, 2.24) is 0 Å². The maximum Gasteiger partial charge on any atom is 0.198 e. The third-order valence-corrected chi connectivity index (χ3v) is 10.2. The molecule has 2 atom stereocenters. The fourth-order valence-corrected chi connectivity index (χ4v) is 7.00. The molecule has 0 aliphatic rings. The molecule has 0 aliphatic heterocycles. The van der Waals surface area contributed by atoms with E-state index in [4.69, 9.17) is 18.9 Å². The minimum absolute atomic E-state index is 0.0712. The van der Waals surface area contributed by atoms with Gasteiger partial charge in [0, 0.05) is 12.7 Å². The topological polar surface area (TPSA) is 94.9 Å². The summed E-state index contributed by atoms with van der Waals surface area (Å²) in [6, 6.07) is 14.3. The van der Waals surface area contributed by atoms with Gasteiger partial charge in [0.1, 0.15) is 0 Å². The standard InChI is InChI=1S/C30H45N2O6S2/c1-23(2)30(22-31,25-11-13-27(36-5)29(21-25)38-7)15-9-16-32(3,18-19-39-40(8,33)34)17-14-24-10-12-26(35-4)28(20-24)37-6/h10-13,20-21,23H,9,14-19H2,1-8H3/q+1/t30-,32?/m1/s1. The molecule has 8 nitrogen and oxygen atoms in total. The molecule has 2 aromatic rings. The molecular formula is C30H45N2O6S2+. The van der Waals surface area contributed by atoms with Crippen LogP contribution in [0.15, 0.2) is 36.4 Å². The van der Waals surface area contributed by atoms with E-state index in [2.05, 4.69) is 27.0 Å². The summed E-state index contributed by atoms with van der Waals surface area (Å²) >= 11 is 0. The van der Waals surface area contributed by atoms with Crippen LogP contribution in [0, 0.1) is 17.2 Å². The van der Waals surface area contributed by atoms with Gasteiger partial charge in [-0.25, -0.2) is 8.42 Å². The SMILES string of the molecule is COc1ccc(CC[N+](C)(CCC[C@](C#N)(c2ccc(OC)c(OC)c2)C(C)C)CCSS(C)(=O)=O)cc1OC. The minimum Gasteiger partial charge on any atom is -0.493 e. The highest BCUT2D eigenvalue weighted by Crippen LogP contribution is 2.40. The van der Waals surface area contributed by atoms with E-state index in [0.717, 1.165) is 47.9 Å². The molecule has 0 bridgehead atoms. The molecule has 0 spiro atoms. The van der Waals surface area contributed by atoms with Crippen LogP contribution in [-0.4, -0.2) is 80.0 Å². The van der Waals surface area contributed by atoms with E-state index >= 15 is 0 Å². The molecule has 0 aliphatic carbocycles. The molecule has 10 heteroatoms.